The zero-order chi connectivity index (χ0) is 11.5. The lowest BCUT2D eigenvalue weighted by atomic mass is 10.0. The fourth-order valence-corrected chi connectivity index (χ4v) is 1.68. The lowest BCUT2D eigenvalue weighted by Crippen LogP contribution is -2.16. The van der Waals surface area contributed by atoms with Crippen molar-refractivity contribution in [2.75, 3.05) is 7.11 Å². The van der Waals surface area contributed by atoms with Crippen molar-refractivity contribution in [1.82, 2.24) is 4.98 Å². The second-order valence-electron chi connectivity index (χ2n) is 3.71. The van der Waals surface area contributed by atoms with Gasteiger partial charge in [-0.3, -0.25) is 4.79 Å². The first-order valence-corrected chi connectivity index (χ1v) is 5.10. The monoisotopic (exact) mass is 218 g/mol. The van der Waals surface area contributed by atoms with Crippen LogP contribution in [0.2, 0.25) is 0 Å². The standard InChI is InChI=1S/C12H14N2O2/c1-16-12(15)7-10(13)9-3-2-8-4-5-14-11(8)6-9/h2-6,10,14H,7,13H2,1H3/t10-/m0/s1. The Balaban J connectivity index is 2.22. The Morgan fingerprint density at radius 2 is 2.31 bits per heavy atom. The van der Waals surface area contributed by atoms with E-state index in [9.17, 15) is 4.79 Å². The Bertz CT molecular complexity index is 504. The van der Waals surface area contributed by atoms with Crippen molar-refractivity contribution in [3.05, 3.63) is 36.0 Å². The lowest BCUT2D eigenvalue weighted by Gasteiger charge is -2.10. The number of aromatic nitrogens is 1. The Kier molecular flexibility index (Phi) is 2.92. The van der Waals surface area contributed by atoms with Crippen LogP contribution in [0.25, 0.3) is 10.9 Å². The third-order valence-corrected chi connectivity index (χ3v) is 2.62. The van der Waals surface area contributed by atoms with E-state index in [0.29, 0.717) is 0 Å². The minimum Gasteiger partial charge on any atom is -0.469 e. The number of hydrogen-bond acceptors (Lipinski definition) is 3. The largest absolute Gasteiger partial charge is 0.469 e. The van der Waals surface area contributed by atoms with Crippen LogP contribution >= 0.6 is 0 Å². The molecule has 0 radical (unpaired) electrons. The molecule has 1 aromatic heterocycles. The first-order chi connectivity index (χ1) is 7.70. The molecule has 4 nitrogen and oxygen atoms in total. The molecule has 1 heterocycles. The average molecular weight is 218 g/mol. The van der Waals surface area contributed by atoms with E-state index in [1.54, 1.807) is 0 Å². The molecule has 0 aliphatic heterocycles. The van der Waals surface area contributed by atoms with Crippen LogP contribution in [0.5, 0.6) is 0 Å². The molecule has 0 aliphatic rings. The predicted molar refractivity (Wildman–Crippen MR) is 61.9 cm³/mol. The topological polar surface area (TPSA) is 68.1 Å². The van der Waals surface area contributed by atoms with Gasteiger partial charge in [0.1, 0.15) is 0 Å². The molecule has 2 aromatic rings. The summed E-state index contributed by atoms with van der Waals surface area (Å²) in [5, 5.41) is 1.13. The molecule has 0 spiro atoms. The summed E-state index contributed by atoms with van der Waals surface area (Å²) in [5.74, 6) is -0.293. The summed E-state index contributed by atoms with van der Waals surface area (Å²) in [7, 11) is 1.36. The van der Waals surface area contributed by atoms with E-state index >= 15 is 0 Å². The molecule has 1 aromatic carbocycles. The highest BCUT2D eigenvalue weighted by Crippen LogP contribution is 2.20. The van der Waals surface area contributed by atoms with E-state index in [0.717, 1.165) is 16.5 Å². The van der Waals surface area contributed by atoms with E-state index in [4.69, 9.17) is 5.73 Å². The highest BCUT2D eigenvalue weighted by molar-refractivity contribution is 5.80. The third-order valence-electron chi connectivity index (χ3n) is 2.62. The zero-order valence-electron chi connectivity index (χ0n) is 9.07. The summed E-state index contributed by atoms with van der Waals surface area (Å²) in [6.07, 6.45) is 2.07. The average Bonchev–Trinajstić information content (AvgIpc) is 2.75. The summed E-state index contributed by atoms with van der Waals surface area (Å²) < 4.78 is 4.59. The quantitative estimate of drug-likeness (QED) is 0.771. The molecule has 0 saturated carbocycles. The van der Waals surface area contributed by atoms with Gasteiger partial charge in [-0.15, -0.1) is 0 Å². The van der Waals surface area contributed by atoms with Crippen molar-refractivity contribution >= 4 is 16.9 Å². The Hall–Kier alpha value is -1.81. The molecule has 3 N–H and O–H groups in total. The molecular formula is C12H14N2O2. The minimum atomic E-state index is -0.319. The van der Waals surface area contributed by atoms with Gasteiger partial charge < -0.3 is 15.5 Å². The van der Waals surface area contributed by atoms with E-state index < -0.39 is 0 Å². The van der Waals surface area contributed by atoms with Crippen molar-refractivity contribution in [3.8, 4) is 0 Å². The van der Waals surface area contributed by atoms with Crippen LogP contribution < -0.4 is 5.73 Å². The van der Waals surface area contributed by atoms with Crippen LogP contribution in [-0.4, -0.2) is 18.1 Å². The molecule has 0 unspecified atom stereocenters. The van der Waals surface area contributed by atoms with Gasteiger partial charge in [0.25, 0.3) is 0 Å². The number of methoxy groups -OCH3 is 1. The van der Waals surface area contributed by atoms with E-state index in [2.05, 4.69) is 9.72 Å². The predicted octanol–water partition coefficient (Wildman–Crippen LogP) is 1.73. The van der Waals surface area contributed by atoms with Crippen molar-refractivity contribution in [3.63, 3.8) is 0 Å². The number of carbonyl (C=O) groups excluding carboxylic acids is 1. The number of nitrogens with one attached hydrogen (secondary N) is 1. The van der Waals surface area contributed by atoms with Gasteiger partial charge in [-0.1, -0.05) is 12.1 Å². The van der Waals surface area contributed by atoms with Gasteiger partial charge in [0.05, 0.1) is 13.5 Å². The van der Waals surface area contributed by atoms with Gasteiger partial charge >= 0.3 is 5.97 Å². The second kappa shape index (κ2) is 4.37. The Morgan fingerprint density at radius 3 is 3.06 bits per heavy atom. The molecule has 0 fully saturated rings. The number of benzene rings is 1. The molecule has 1 atom stereocenters. The van der Waals surface area contributed by atoms with Gasteiger partial charge in [0.2, 0.25) is 0 Å². The van der Waals surface area contributed by atoms with Crippen LogP contribution in [0.1, 0.15) is 18.0 Å². The highest BCUT2D eigenvalue weighted by atomic mass is 16.5. The maximum absolute atomic E-state index is 11.1. The Morgan fingerprint density at radius 1 is 1.50 bits per heavy atom. The molecule has 84 valence electrons. The molecular weight excluding hydrogens is 204 g/mol. The van der Waals surface area contributed by atoms with Crippen molar-refractivity contribution in [1.29, 1.82) is 0 Å². The van der Waals surface area contributed by atoms with Crippen molar-refractivity contribution in [2.24, 2.45) is 5.73 Å². The second-order valence-corrected chi connectivity index (χ2v) is 3.71. The summed E-state index contributed by atoms with van der Waals surface area (Å²) in [6.45, 7) is 0. The van der Waals surface area contributed by atoms with Crippen molar-refractivity contribution < 1.29 is 9.53 Å². The number of carbonyl (C=O) groups is 1. The number of fused-ring (bicyclic) bond motifs is 1. The normalized spacial score (nSPS) is 12.6. The number of aromatic amines is 1. The van der Waals surface area contributed by atoms with Gasteiger partial charge in [-0.25, -0.2) is 0 Å². The first kappa shape index (κ1) is 10.7. The molecule has 0 bridgehead atoms. The van der Waals surface area contributed by atoms with E-state index in [1.807, 2.05) is 30.5 Å². The molecule has 0 saturated heterocycles. The highest BCUT2D eigenvalue weighted by Gasteiger charge is 2.12. The number of ether oxygens (including phenoxy) is 1. The first-order valence-electron chi connectivity index (χ1n) is 5.10. The van der Waals surface area contributed by atoms with Crippen LogP contribution in [0.3, 0.4) is 0 Å². The zero-order valence-corrected chi connectivity index (χ0v) is 9.07. The SMILES string of the molecule is COC(=O)C[C@H](N)c1ccc2cc[nH]c2c1. The summed E-state index contributed by atoms with van der Waals surface area (Å²) >= 11 is 0. The van der Waals surface area contributed by atoms with Crippen LogP contribution in [0.15, 0.2) is 30.5 Å². The minimum absolute atomic E-state index is 0.197. The lowest BCUT2D eigenvalue weighted by molar-refractivity contribution is -0.141. The van der Waals surface area contributed by atoms with Crippen molar-refractivity contribution in [2.45, 2.75) is 12.5 Å². The number of hydrogen-bond donors (Lipinski definition) is 2. The molecule has 0 amide bonds. The van der Waals surface area contributed by atoms with Gasteiger partial charge in [-0.05, 0) is 23.1 Å². The number of nitrogens with two attached hydrogens (primary N) is 1. The number of esters is 1. The number of H-pyrrole nitrogens is 1. The van der Waals surface area contributed by atoms with Crippen LogP contribution in [0, 0.1) is 0 Å². The molecule has 0 aliphatic carbocycles. The van der Waals surface area contributed by atoms with Crippen LogP contribution in [-0.2, 0) is 9.53 Å². The summed E-state index contributed by atoms with van der Waals surface area (Å²) in [5.41, 5.74) is 7.87. The van der Waals surface area contributed by atoms with Gasteiger partial charge in [0.15, 0.2) is 0 Å². The van der Waals surface area contributed by atoms with Crippen LogP contribution in [0.4, 0.5) is 0 Å². The summed E-state index contributed by atoms with van der Waals surface area (Å²) in [4.78, 5) is 14.2. The molecule has 16 heavy (non-hydrogen) atoms. The Labute approximate surface area is 93.4 Å². The van der Waals surface area contributed by atoms with E-state index in [-0.39, 0.29) is 18.4 Å². The van der Waals surface area contributed by atoms with Gasteiger partial charge in [0, 0.05) is 17.8 Å². The number of rotatable bonds is 3. The maximum Gasteiger partial charge on any atom is 0.307 e. The van der Waals surface area contributed by atoms with E-state index in [1.165, 1.54) is 7.11 Å². The molecule has 4 heteroatoms. The fraction of sp³-hybridized carbons (Fsp3) is 0.250. The molecule has 2 rings (SSSR count). The van der Waals surface area contributed by atoms with Gasteiger partial charge in [-0.2, -0.15) is 0 Å². The maximum atomic E-state index is 11.1. The smallest absolute Gasteiger partial charge is 0.307 e. The third kappa shape index (κ3) is 2.06. The fourth-order valence-electron chi connectivity index (χ4n) is 1.68. The summed E-state index contributed by atoms with van der Waals surface area (Å²) in [6, 6.07) is 7.55.